The molecule has 0 unspecified atom stereocenters. The van der Waals surface area contributed by atoms with Crippen LogP contribution in [0.3, 0.4) is 0 Å². The zero-order valence-corrected chi connectivity index (χ0v) is 11.6. The van der Waals surface area contributed by atoms with Gasteiger partial charge in [0.25, 0.3) is 0 Å². The Morgan fingerprint density at radius 3 is 2.36 bits per heavy atom. The minimum atomic E-state index is -4.68. The molecule has 0 bridgehead atoms. The molecule has 0 amide bonds. The molecule has 0 fully saturated rings. The molecule has 0 atom stereocenters. The fourth-order valence-electron chi connectivity index (χ4n) is 2.30. The van der Waals surface area contributed by atoms with E-state index in [2.05, 4.69) is 9.72 Å². The molecule has 0 aliphatic heterocycles. The predicted molar refractivity (Wildman–Crippen MR) is 77.0 cm³/mol. The first-order valence-electron chi connectivity index (χ1n) is 6.48. The highest BCUT2D eigenvalue weighted by Crippen LogP contribution is 2.31. The smallest absolute Gasteiger partial charge is 0.496 e. The molecule has 22 heavy (non-hydrogen) atoms. The number of nitrogens with one attached hydrogen (secondary N) is 1. The summed E-state index contributed by atoms with van der Waals surface area (Å²) in [6.07, 6.45) is -4.68. The molecule has 3 aromatic rings. The summed E-state index contributed by atoms with van der Waals surface area (Å²) in [6, 6.07) is 13.2. The molecule has 114 valence electrons. The van der Waals surface area contributed by atoms with Gasteiger partial charge < -0.3 is 14.5 Å². The Balaban J connectivity index is 1.94. The molecule has 1 aromatic heterocycles. The Bertz CT molecular complexity index is 791. The van der Waals surface area contributed by atoms with Crippen LogP contribution in [0.15, 0.2) is 48.5 Å². The van der Waals surface area contributed by atoms with Crippen molar-refractivity contribution in [2.45, 2.75) is 6.36 Å². The van der Waals surface area contributed by atoms with Crippen LogP contribution in [0.2, 0.25) is 0 Å². The molecule has 6 heteroatoms. The quantitative estimate of drug-likeness (QED) is 0.758. The lowest BCUT2D eigenvalue weighted by atomic mass is 10.1. The van der Waals surface area contributed by atoms with Crippen LogP contribution in [-0.2, 0) is 0 Å². The number of methoxy groups -OCH3 is 1. The van der Waals surface area contributed by atoms with Crippen molar-refractivity contribution in [3.05, 3.63) is 48.5 Å². The van der Waals surface area contributed by atoms with Crippen molar-refractivity contribution in [1.29, 1.82) is 0 Å². The van der Waals surface area contributed by atoms with Gasteiger partial charge in [-0.15, -0.1) is 13.2 Å². The van der Waals surface area contributed by atoms with Crippen LogP contribution in [0.4, 0.5) is 13.2 Å². The van der Waals surface area contributed by atoms with Crippen LogP contribution >= 0.6 is 0 Å². The lowest BCUT2D eigenvalue weighted by Gasteiger charge is -2.08. The summed E-state index contributed by atoms with van der Waals surface area (Å²) in [6.45, 7) is 0. The fourth-order valence-corrected chi connectivity index (χ4v) is 2.30. The van der Waals surface area contributed by atoms with E-state index in [0.717, 1.165) is 27.9 Å². The highest BCUT2D eigenvalue weighted by atomic mass is 19.4. The van der Waals surface area contributed by atoms with Crippen molar-refractivity contribution in [3.63, 3.8) is 0 Å². The van der Waals surface area contributed by atoms with Crippen LogP contribution in [0.25, 0.3) is 22.2 Å². The number of aromatic amines is 1. The van der Waals surface area contributed by atoms with E-state index in [1.807, 2.05) is 24.3 Å². The second-order valence-corrected chi connectivity index (χ2v) is 4.68. The summed E-state index contributed by atoms with van der Waals surface area (Å²) < 4.78 is 45.6. The van der Waals surface area contributed by atoms with E-state index in [1.165, 1.54) is 12.1 Å². The largest absolute Gasteiger partial charge is 0.573 e. The molecule has 0 aliphatic rings. The summed E-state index contributed by atoms with van der Waals surface area (Å²) in [5.41, 5.74) is 2.44. The summed E-state index contributed by atoms with van der Waals surface area (Å²) >= 11 is 0. The average molecular weight is 307 g/mol. The number of rotatable bonds is 3. The van der Waals surface area contributed by atoms with Crippen LogP contribution in [0, 0.1) is 0 Å². The van der Waals surface area contributed by atoms with E-state index in [-0.39, 0.29) is 5.75 Å². The third-order valence-electron chi connectivity index (χ3n) is 3.24. The van der Waals surface area contributed by atoms with Gasteiger partial charge in [0.05, 0.1) is 7.11 Å². The Kier molecular flexibility index (Phi) is 3.44. The van der Waals surface area contributed by atoms with Gasteiger partial charge in [0.2, 0.25) is 0 Å². The lowest BCUT2D eigenvalue weighted by Crippen LogP contribution is -2.16. The first-order chi connectivity index (χ1) is 10.5. The van der Waals surface area contributed by atoms with Crippen LogP contribution in [-0.4, -0.2) is 18.5 Å². The standard InChI is InChI=1S/C16H12F3NO2/c1-21-15-4-2-3-13-12(15)9-14(20-13)10-5-7-11(8-6-10)22-16(17,18)19/h2-9,20H,1H3. The fraction of sp³-hybridized carbons (Fsp3) is 0.125. The molecular weight excluding hydrogens is 295 g/mol. The van der Waals surface area contributed by atoms with E-state index in [4.69, 9.17) is 4.74 Å². The van der Waals surface area contributed by atoms with Crippen molar-refractivity contribution < 1.29 is 22.6 Å². The first kappa shape index (κ1) is 14.3. The second kappa shape index (κ2) is 5.29. The number of fused-ring (bicyclic) bond motifs is 1. The van der Waals surface area contributed by atoms with Gasteiger partial charge in [0, 0.05) is 16.6 Å². The SMILES string of the molecule is COc1cccc2[nH]c(-c3ccc(OC(F)(F)F)cc3)cc12. The maximum atomic E-state index is 12.1. The molecule has 1 N–H and O–H groups in total. The van der Waals surface area contributed by atoms with Crippen molar-refractivity contribution in [2.75, 3.05) is 7.11 Å². The minimum Gasteiger partial charge on any atom is -0.496 e. The van der Waals surface area contributed by atoms with Gasteiger partial charge in [0.1, 0.15) is 11.5 Å². The van der Waals surface area contributed by atoms with E-state index in [0.29, 0.717) is 0 Å². The van der Waals surface area contributed by atoms with E-state index in [9.17, 15) is 13.2 Å². The van der Waals surface area contributed by atoms with Gasteiger partial charge in [0.15, 0.2) is 0 Å². The maximum Gasteiger partial charge on any atom is 0.573 e. The third kappa shape index (κ3) is 2.86. The summed E-state index contributed by atoms with van der Waals surface area (Å²) in [4.78, 5) is 3.21. The highest BCUT2D eigenvalue weighted by molar-refractivity contribution is 5.90. The monoisotopic (exact) mass is 307 g/mol. The number of H-pyrrole nitrogens is 1. The minimum absolute atomic E-state index is 0.245. The summed E-state index contributed by atoms with van der Waals surface area (Å²) in [5.74, 6) is 0.488. The van der Waals surface area contributed by atoms with E-state index in [1.54, 1.807) is 19.2 Å². The Morgan fingerprint density at radius 1 is 1.00 bits per heavy atom. The molecule has 1 heterocycles. The van der Waals surface area contributed by atoms with Gasteiger partial charge in [-0.1, -0.05) is 6.07 Å². The predicted octanol–water partition coefficient (Wildman–Crippen LogP) is 4.74. The third-order valence-corrected chi connectivity index (χ3v) is 3.24. The number of ether oxygens (including phenoxy) is 2. The molecule has 0 radical (unpaired) electrons. The Hall–Kier alpha value is -2.63. The summed E-state index contributed by atoms with van der Waals surface area (Å²) in [5, 5.41) is 0.913. The van der Waals surface area contributed by atoms with Gasteiger partial charge in [-0.2, -0.15) is 0 Å². The Labute approximate surface area is 124 Å². The Morgan fingerprint density at radius 2 is 1.73 bits per heavy atom. The van der Waals surface area contributed by atoms with Crippen LogP contribution in [0.1, 0.15) is 0 Å². The molecule has 2 aromatic carbocycles. The highest BCUT2D eigenvalue weighted by Gasteiger charge is 2.30. The number of hydrogen-bond donors (Lipinski definition) is 1. The number of hydrogen-bond acceptors (Lipinski definition) is 2. The summed E-state index contributed by atoms with van der Waals surface area (Å²) in [7, 11) is 1.59. The number of alkyl halides is 3. The molecule has 0 saturated heterocycles. The first-order valence-corrected chi connectivity index (χ1v) is 6.48. The topological polar surface area (TPSA) is 34.2 Å². The van der Waals surface area contributed by atoms with Gasteiger partial charge in [-0.3, -0.25) is 0 Å². The molecule has 0 spiro atoms. The van der Waals surface area contributed by atoms with Crippen LogP contribution in [0.5, 0.6) is 11.5 Å². The molecule has 0 aliphatic carbocycles. The zero-order chi connectivity index (χ0) is 15.7. The number of benzene rings is 2. The van der Waals surface area contributed by atoms with Crippen molar-refractivity contribution in [3.8, 4) is 22.8 Å². The molecule has 3 rings (SSSR count). The molecular formula is C16H12F3NO2. The van der Waals surface area contributed by atoms with Gasteiger partial charge in [-0.25, -0.2) is 0 Å². The lowest BCUT2D eigenvalue weighted by molar-refractivity contribution is -0.274. The average Bonchev–Trinajstić information content (AvgIpc) is 2.90. The van der Waals surface area contributed by atoms with Crippen molar-refractivity contribution >= 4 is 10.9 Å². The molecule has 0 saturated carbocycles. The number of aromatic nitrogens is 1. The second-order valence-electron chi connectivity index (χ2n) is 4.68. The van der Waals surface area contributed by atoms with Gasteiger partial charge in [-0.05, 0) is 48.0 Å². The van der Waals surface area contributed by atoms with Gasteiger partial charge >= 0.3 is 6.36 Å². The normalized spacial score (nSPS) is 11.6. The van der Waals surface area contributed by atoms with Crippen molar-refractivity contribution in [2.24, 2.45) is 0 Å². The zero-order valence-electron chi connectivity index (χ0n) is 11.6. The van der Waals surface area contributed by atoms with E-state index < -0.39 is 6.36 Å². The van der Waals surface area contributed by atoms with Crippen LogP contribution < -0.4 is 9.47 Å². The number of halogens is 3. The van der Waals surface area contributed by atoms with Crippen molar-refractivity contribution in [1.82, 2.24) is 4.98 Å². The molecule has 3 nitrogen and oxygen atoms in total. The maximum absolute atomic E-state index is 12.1. The van der Waals surface area contributed by atoms with E-state index >= 15 is 0 Å².